The van der Waals surface area contributed by atoms with Crippen molar-refractivity contribution < 1.29 is 24.2 Å². The fourth-order valence-corrected chi connectivity index (χ4v) is 3.89. The summed E-state index contributed by atoms with van der Waals surface area (Å²) in [5, 5.41) is 11.7. The molecule has 0 heterocycles. The molecule has 0 saturated heterocycles. The summed E-state index contributed by atoms with van der Waals surface area (Å²) in [7, 11) is 0. The van der Waals surface area contributed by atoms with Crippen molar-refractivity contribution in [2.24, 2.45) is 17.8 Å². The molecule has 28 heavy (non-hydrogen) atoms. The Morgan fingerprint density at radius 1 is 1.07 bits per heavy atom. The Morgan fingerprint density at radius 2 is 1.68 bits per heavy atom. The molecule has 0 aromatic heterocycles. The molecule has 3 atom stereocenters. The molecular weight excluding hydrogens is 358 g/mol. The van der Waals surface area contributed by atoms with Crippen LogP contribution in [0, 0.1) is 29.6 Å². The van der Waals surface area contributed by atoms with Crippen LogP contribution in [0.25, 0.3) is 0 Å². The highest BCUT2D eigenvalue weighted by molar-refractivity contribution is 5.68. The largest absolute Gasteiger partial charge is 0.481 e. The number of ether oxygens (including phenoxy) is 2. The highest BCUT2D eigenvalue weighted by Gasteiger charge is 2.49. The van der Waals surface area contributed by atoms with Crippen LogP contribution in [0.1, 0.15) is 72.6 Å². The van der Waals surface area contributed by atoms with Crippen LogP contribution >= 0.6 is 0 Å². The standard InChI is InChI=1S/C22H35NO5/c1-21(2,13-14-28-22(3,4)12-11-19(24)25)23-20(26)27-15-18-16-9-7-5-6-8-10-17(16)18/h16-18H,7-15H2,1-4H3,(H,23,26)(H,24,25)/t16-,17+,18?. The molecule has 2 aliphatic carbocycles. The minimum atomic E-state index is -0.823. The number of carbonyl (C=O) groups is 2. The van der Waals surface area contributed by atoms with Gasteiger partial charge in [-0.25, -0.2) is 4.79 Å². The molecule has 0 bridgehead atoms. The first-order valence-electron chi connectivity index (χ1n) is 10.4. The minimum Gasteiger partial charge on any atom is -0.481 e. The first-order valence-corrected chi connectivity index (χ1v) is 10.4. The van der Waals surface area contributed by atoms with Gasteiger partial charge in [0.05, 0.1) is 12.2 Å². The van der Waals surface area contributed by atoms with E-state index in [-0.39, 0.29) is 12.5 Å². The fraction of sp³-hybridized carbons (Fsp3) is 0.818. The van der Waals surface area contributed by atoms with Crippen molar-refractivity contribution in [3.05, 3.63) is 0 Å². The van der Waals surface area contributed by atoms with E-state index >= 15 is 0 Å². The molecule has 1 fully saturated rings. The Kier molecular flexibility index (Phi) is 7.77. The van der Waals surface area contributed by atoms with Gasteiger partial charge in [-0.2, -0.15) is 0 Å². The lowest BCUT2D eigenvalue weighted by Crippen LogP contribution is -2.45. The number of nitrogens with one attached hydrogen (secondary N) is 1. The van der Waals surface area contributed by atoms with Crippen molar-refractivity contribution in [1.82, 2.24) is 5.32 Å². The van der Waals surface area contributed by atoms with Crippen LogP contribution < -0.4 is 5.32 Å². The molecule has 2 N–H and O–H groups in total. The van der Waals surface area contributed by atoms with E-state index in [1.54, 1.807) is 0 Å². The zero-order chi connectivity index (χ0) is 20.8. The molecule has 1 saturated carbocycles. The van der Waals surface area contributed by atoms with Gasteiger partial charge in [0.15, 0.2) is 0 Å². The molecule has 0 radical (unpaired) electrons. The number of fused-ring (bicyclic) bond motifs is 1. The lowest BCUT2D eigenvalue weighted by atomic mass is 10.00. The molecule has 1 unspecified atom stereocenters. The van der Waals surface area contributed by atoms with Gasteiger partial charge in [0.25, 0.3) is 0 Å². The van der Waals surface area contributed by atoms with Gasteiger partial charge in [-0.15, -0.1) is 11.8 Å². The normalized spacial score (nSPS) is 24.1. The quantitative estimate of drug-likeness (QED) is 0.548. The highest BCUT2D eigenvalue weighted by atomic mass is 16.5. The summed E-state index contributed by atoms with van der Waals surface area (Å²) in [6.45, 7) is 8.56. The van der Waals surface area contributed by atoms with Crippen LogP contribution in [0.3, 0.4) is 0 Å². The molecule has 2 aliphatic rings. The average Bonchev–Trinajstić information content (AvgIpc) is 3.19. The SMILES string of the molecule is CC(C)(CCOC(C)(C)CCC(=O)O)NC(=O)OCC1[C@H]2CCC#CCC[C@@H]12. The maximum atomic E-state index is 12.2. The van der Waals surface area contributed by atoms with Crippen molar-refractivity contribution >= 4 is 12.1 Å². The summed E-state index contributed by atoms with van der Waals surface area (Å²) in [4.78, 5) is 22.9. The second-order valence-electron chi connectivity index (χ2n) is 9.28. The molecule has 1 amide bonds. The third-order valence-corrected chi connectivity index (χ3v) is 5.85. The molecule has 6 heteroatoms. The van der Waals surface area contributed by atoms with E-state index in [1.165, 1.54) is 0 Å². The average molecular weight is 394 g/mol. The van der Waals surface area contributed by atoms with Gasteiger partial charge < -0.3 is 19.9 Å². The number of hydrogen-bond donors (Lipinski definition) is 2. The summed E-state index contributed by atoms with van der Waals surface area (Å²) >= 11 is 0. The molecule has 2 rings (SSSR count). The predicted octanol–water partition coefficient (Wildman–Crippen LogP) is 3.98. The smallest absolute Gasteiger partial charge is 0.407 e. The number of hydrogen-bond acceptors (Lipinski definition) is 4. The Morgan fingerprint density at radius 3 is 2.25 bits per heavy atom. The number of carbonyl (C=O) groups excluding carboxylic acids is 1. The lowest BCUT2D eigenvalue weighted by Gasteiger charge is -2.29. The predicted molar refractivity (Wildman–Crippen MR) is 107 cm³/mol. The monoisotopic (exact) mass is 393 g/mol. The third kappa shape index (κ3) is 7.71. The summed E-state index contributed by atoms with van der Waals surface area (Å²) in [6, 6.07) is 0. The van der Waals surface area contributed by atoms with Crippen LogP contribution in [0.5, 0.6) is 0 Å². The first-order chi connectivity index (χ1) is 13.1. The lowest BCUT2D eigenvalue weighted by molar-refractivity contribution is -0.139. The van der Waals surface area contributed by atoms with Crippen molar-refractivity contribution in [2.45, 2.75) is 83.8 Å². The molecule has 6 nitrogen and oxygen atoms in total. The van der Waals surface area contributed by atoms with Crippen molar-refractivity contribution in [2.75, 3.05) is 13.2 Å². The second-order valence-corrected chi connectivity index (χ2v) is 9.28. The number of alkyl carbamates (subject to hydrolysis) is 1. The van der Waals surface area contributed by atoms with Gasteiger partial charge in [0, 0.05) is 31.4 Å². The summed E-state index contributed by atoms with van der Waals surface area (Å²) in [5.41, 5.74) is -0.961. The van der Waals surface area contributed by atoms with Crippen LogP contribution in [0.4, 0.5) is 4.79 Å². The topological polar surface area (TPSA) is 84.9 Å². The van der Waals surface area contributed by atoms with Gasteiger partial charge in [-0.05, 0) is 71.1 Å². The molecule has 0 aliphatic heterocycles. The van der Waals surface area contributed by atoms with Crippen LogP contribution in [0.15, 0.2) is 0 Å². The second kappa shape index (κ2) is 9.65. The Labute approximate surface area is 168 Å². The van der Waals surface area contributed by atoms with E-state index in [2.05, 4.69) is 17.2 Å². The van der Waals surface area contributed by atoms with Gasteiger partial charge in [0.1, 0.15) is 0 Å². The van der Waals surface area contributed by atoms with Crippen molar-refractivity contribution in [3.8, 4) is 11.8 Å². The third-order valence-electron chi connectivity index (χ3n) is 5.85. The van der Waals surface area contributed by atoms with E-state index in [4.69, 9.17) is 14.6 Å². The number of rotatable bonds is 10. The van der Waals surface area contributed by atoms with Crippen LogP contribution in [-0.2, 0) is 14.3 Å². The van der Waals surface area contributed by atoms with E-state index in [1.807, 2.05) is 27.7 Å². The molecule has 0 aromatic carbocycles. The fourth-order valence-electron chi connectivity index (χ4n) is 3.89. The molecule has 0 spiro atoms. The van der Waals surface area contributed by atoms with E-state index in [9.17, 15) is 9.59 Å². The summed E-state index contributed by atoms with van der Waals surface area (Å²) in [6.07, 6.45) is 4.92. The van der Waals surface area contributed by atoms with Gasteiger partial charge >= 0.3 is 12.1 Å². The van der Waals surface area contributed by atoms with Crippen molar-refractivity contribution in [3.63, 3.8) is 0 Å². The molecular formula is C22H35NO5. The van der Waals surface area contributed by atoms with Gasteiger partial charge in [-0.1, -0.05) is 0 Å². The number of amides is 1. The maximum Gasteiger partial charge on any atom is 0.407 e. The number of aliphatic carboxylic acids is 1. The molecule has 158 valence electrons. The Balaban J connectivity index is 1.64. The van der Waals surface area contributed by atoms with E-state index < -0.39 is 17.1 Å². The Hall–Kier alpha value is -1.74. The highest BCUT2D eigenvalue weighted by Crippen LogP contribution is 2.52. The Bertz CT molecular complexity index is 598. The number of carboxylic acids is 1. The first kappa shape index (κ1) is 22.5. The summed E-state index contributed by atoms with van der Waals surface area (Å²) < 4.78 is 11.3. The maximum absolute atomic E-state index is 12.2. The minimum absolute atomic E-state index is 0.0796. The zero-order valence-corrected chi connectivity index (χ0v) is 17.7. The van der Waals surface area contributed by atoms with E-state index in [0.717, 1.165) is 25.7 Å². The van der Waals surface area contributed by atoms with Crippen LogP contribution in [-0.4, -0.2) is 41.5 Å². The van der Waals surface area contributed by atoms with E-state index in [0.29, 0.717) is 43.8 Å². The van der Waals surface area contributed by atoms with Gasteiger partial charge in [0.2, 0.25) is 0 Å². The van der Waals surface area contributed by atoms with Gasteiger partial charge in [-0.3, -0.25) is 4.79 Å². The van der Waals surface area contributed by atoms with Crippen molar-refractivity contribution in [1.29, 1.82) is 0 Å². The number of carboxylic acid groups (broad SMARTS) is 1. The van der Waals surface area contributed by atoms with Crippen LogP contribution in [0.2, 0.25) is 0 Å². The zero-order valence-electron chi connectivity index (χ0n) is 17.7. The summed E-state index contributed by atoms with van der Waals surface area (Å²) in [5.74, 6) is 7.37. The molecule has 0 aromatic rings.